The third kappa shape index (κ3) is 25.2. The first-order chi connectivity index (χ1) is 7.83. The maximum absolute atomic E-state index is 5.41. The van der Waals surface area contributed by atoms with Crippen LogP contribution in [0, 0.1) is 0 Å². The minimum absolute atomic E-state index is 0.0936. The summed E-state index contributed by atoms with van der Waals surface area (Å²) in [5.41, 5.74) is -0.187. The molecule has 0 aliphatic heterocycles. The molecule has 0 aromatic rings. The van der Waals surface area contributed by atoms with Crippen LogP contribution in [-0.4, -0.2) is 23.3 Å². The number of nitrogens with one attached hydrogen (secondary N) is 1. The molecule has 0 radical (unpaired) electrons. The van der Waals surface area contributed by atoms with Gasteiger partial charge in [-0.15, -0.1) is 0 Å². The summed E-state index contributed by atoms with van der Waals surface area (Å²) in [6.07, 6.45) is 0. The fourth-order valence-electron chi connectivity index (χ4n) is 0.938. The molecule has 0 aromatic carbocycles. The highest BCUT2D eigenvalue weighted by Crippen LogP contribution is 2.28. The van der Waals surface area contributed by atoms with E-state index in [-0.39, 0.29) is 20.2 Å². The summed E-state index contributed by atoms with van der Waals surface area (Å²) >= 11 is 0. The van der Waals surface area contributed by atoms with Crippen molar-refractivity contribution in [1.29, 1.82) is 0 Å². The van der Waals surface area contributed by atoms with Crippen LogP contribution in [0.5, 0.6) is 0 Å². The second-order valence-corrected chi connectivity index (χ2v) is 7.56. The van der Waals surface area contributed by atoms with E-state index in [0.717, 1.165) is 0 Å². The molecule has 4 heteroatoms. The first-order valence-corrected chi connectivity index (χ1v) is 7.52. The minimum Gasteiger partial charge on any atom is -0.330 e. The van der Waals surface area contributed by atoms with Crippen molar-refractivity contribution in [2.45, 2.75) is 92.5 Å². The summed E-state index contributed by atoms with van der Waals surface area (Å²) in [7, 11) is 0.135. The number of hydrogen-bond acceptors (Lipinski definition) is 3. The fraction of sp³-hybridized carbons (Fsp3) is 1.00. The van der Waals surface area contributed by atoms with Crippen LogP contribution in [0.3, 0.4) is 0 Å². The van der Waals surface area contributed by atoms with Crippen LogP contribution in [0.4, 0.5) is 0 Å². The van der Waals surface area contributed by atoms with E-state index in [0.29, 0.717) is 12.1 Å². The standard InChI is InChI=1S/C8H19O2P.C6H15N/c1-7(2,3)9-11-10-8(4,5)6;1-5(2)7-6(3)4/h11H,1-6H3;5-7H,1-4H3. The van der Waals surface area contributed by atoms with E-state index in [1.807, 2.05) is 41.5 Å². The molecule has 0 amide bonds. The van der Waals surface area contributed by atoms with Gasteiger partial charge in [0, 0.05) is 12.1 Å². The third-order valence-corrected chi connectivity index (χ3v) is 2.75. The summed E-state index contributed by atoms with van der Waals surface area (Å²) in [5.74, 6) is 0. The Morgan fingerprint density at radius 1 is 0.722 bits per heavy atom. The van der Waals surface area contributed by atoms with Crippen LogP contribution in [-0.2, 0) is 9.05 Å². The van der Waals surface area contributed by atoms with Crippen LogP contribution < -0.4 is 5.32 Å². The van der Waals surface area contributed by atoms with E-state index < -0.39 is 0 Å². The Balaban J connectivity index is 0. The van der Waals surface area contributed by atoms with Crippen molar-refractivity contribution >= 4 is 9.03 Å². The van der Waals surface area contributed by atoms with E-state index in [4.69, 9.17) is 9.05 Å². The van der Waals surface area contributed by atoms with Crippen molar-refractivity contribution in [1.82, 2.24) is 5.32 Å². The Morgan fingerprint density at radius 2 is 1.00 bits per heavy atom. The minimum atomic E-state index is -0.0936. The molecule has 0 atom stereocenters. The van der Waals surface area contributed by atoms with Gasteiger partial charge in [0.25, 0.3) is 0 Å². The second kappa shape index (κ2) is 9.25. The molecule has 0 unspecified atom stereocenters. The highest BCUT2D eigenvalue weighted by atomic mass is 31.1. The first kappa shape index (κ1) is 20.6. The molecule has 3 nitrogen and oxygen atoms in total. The van der Waals surface area contributed by atoms with Crippen molar-refractivity contribution in [3.63, 3.8) is 0 Å². The summed E-state index contributed by atoms with van der Waals surface area (Å²) in [6.45, 7) is 20.7. The van der Waals surface area contributed by atoms with Gasteiger partial charge in [-0.2, -0.15) is 0 Å². The Hall–Kier alpha value is 0.310. The van der Waals surface area contributed by atoms with Gasteiger partial charge in [-0.05, 0) is 41.5 Å². The lowest BCUT2D eigenvalue weighted by atomic mass is 10.2. The molecule has 0 aromatic heterocycles. The molecule has 0 aliphatic rings. The van der Waals surface area contributed by atoms with E-state index in [2.05, 4.69) is 33.0 Å². The Kier molecular flexibility index (Phi) is 10.6. The lowest BCUT2D eigenvalue weighted by molar-refractivity contribution is 0.0846. The average Bonchev–Trinajstić information content (AvgIpc) is 1.95. The topological polar surface area (TPSA) is 30.5 Å². The number of hydrogen-bond donors (Lipinski definition) is 1. The molecule has 0 bridgehead atoms. The van der Waals surface area contributed by atoms with Gasteiger partial charge in [0.1, 0.15) is 0 Å². The van der Waals surface area contributed by atoms with Crippen LogP contribution >= 0.6 is 9.03 Å². The normalized spacial score (nSPS) is 12.7. The lowest BCUT2D eigenvalue weighted by Gasteiger charge is -2.23. The number of rotatable bonds is 4. The van der Waals surface area contributed by atoms with Gasteiger partial charge in [-0.25, -0.2) is 0 Å². The van der Waals surface area contributed by atoms with Crippen LogP contribution in [0.25, 0.3) is 0 Å². The predicted molar refractivity (Wildman–Crippen MR) is 83.4 cm³/mol. The van der Waals surface area contributed by atoms with Crippen LogP contribution in [0.1, 0.15) is 69.2 Å². The molecule has 0 heterocycles. The molecule has 0 saturated carbocycles. The second-order valence-electron chi connectivity index (χ2n) is 6.99. The maximum atomic E-state index is 5.41. The zero-order chi connectivity index (χ0) is 15.0. The molecule has 18 heavy (non-hydrogen) atoms. The quantitative estimate of drug-likeness (QED) is 0.768. The first-order valence-electron chi connectivity index (χ1n) is 6.70. The maximum Gasteiger partial charge on any atom is 0.156 e. The largest absolute Gasteiger partial charge is 0.330 e. The highest BCUT2D eigenvalue weighted by molar-refractivity contribution is 7.26. The van der Waals surface area contributed by atoms with E-state index in [9.17, 15) is 0 Å². The highest BCUT2D eigenvalue weighted by Gasteiger charge is 2.14. The third-order valence-electron chi connectivity index (χ3n) is 1.36. The van der Waals surface area contributed by atoms with Crippen molar-refractivity contribution in [2.24, 2.45) is 0 Å². The average molecular weight is 279 g/mol. The van der Waals surface area contributed by atoms with E-state index in [1.54, 1.807) is 0 Å². The summed E-state index contributed by atoms with van der Waals surface area (Å²) in [4.78, 5) is 0. The Labute approximate surface area is 116 Å². The molecule has 0 rings (SSSR count). The van der Waals surface area contributed by atoms with Gasteiger partial charge >= 0.3 is 0 Å². The SMILES string of the molecule is CC(C)(C)OPOC(C)(C)C.CC(C)NC(C)C. The van der Waals surface area contributed by atoms with Gasteiger partial charge in [-0.1, -0.05) is 27.7 Å². The summed E-state index contributed by atoms with van der Waals surface area (Å²) < 4.78 is 10.8. The Bertz CT molecular complexity index is 173. The molecule has 0 spiro atoms. The van der Waals surface area contributed by atoms with Gasteiger partial charge in [0.2, 0.25) is 0 Å². The lowest BCUT2D eigenvalue weighted by Crippen LogP contribution is -2.29. The van der Waals surface area contributed by atoms with Gasteiger partial charge in [0.05, 0.1) is 11.2 Å². The van der Waals surface area contributed by atoms with Crippen molar-refractivity contribution in [3.8, 4) is 0 Å². The van der Waals surface area contributed by atoms with E-state index in [1.165, 1.54) is 0 Å². The monoisotopic (exact) mass is 279 g/mol. The van der Waals surface area contributed by atoms with E-state index >= 15 is 0 Å². The van der Waals surface area contributed by atoms with Gasteiger partial charge < -0.3 is 14.4 Å². The summed E-state index contributed by atoms with van der Waals surface area (Å²) in [6, 6.07) is 1.25. The van der Waals surface area contributed by atoms with Crippen molar-refractivity contribution in [2.75, 3.05) is 0 Å². The van der Waals surface area contributed by atoms with Crippen molar-refractivity contribution < 1.29 is 9.05 Å². The molecular weight excluding hydrogens is 245 g/mol. The van der Waals surface area contributed by atoms with Crippen LogP contribution in [0.2, 0.25) is 0 Å². The molecule has 0 aliphatic carbocycles. The smallest absolute Gasteiger partial charge is 0.156 e. The zero-order valence-electron chi connectivity index (χ0n) is 14.0. The molecule has 0 saturated heterocycles. The zero-order valence-corrected chi connectivity index (χ0v) is 15.0. The molecule has 112 valence electrons. The molecule has 1 N–H and O–H groups in total. The Morgan fingerprint density at radius 3 is 1.11 bits per heavy atom. The van der Waals surface area contributed by atoms with Gasteiger partial charge in [-0.3, -0.25) is 0 Å². The van der Waals surface area contributed by atoms with Crippen LogP contribution in [0.15, 0.2) is 0 Å². The molecule has 0 fully saturated rings. The predicted octanol–water partition coefficient (Wildman–Crippen LogP) is 4.52. The fourth-order valence-corrected chi connectivity index (χ4v) is 1.48. The summed E-state index contributed by atoms with van der Waals surface area (Å²) in [5, 5.41) is 3.31. The molecular formula is C14H34NO2P. The van der Waals surface area contributed by atoms with Gasteiger partial charge in [0.15, 0.2) is 9.03 Å². The van der Waals surface area contributed by atoms with Crippen molar-refractivity contribution in [3.05, 3.63) is 0 Å².